The molecule has 4 rings (SSSR count). The van der Waals surface area contributed by atoms with Crippen molar-refractivity contribution < 1.29 is 14.1 Å². The van der Waals surface area contributed by atoms with Crippen LogP contribution in [0.3, 0.4) is 0 Å². The molecule has 1 unspecified atom stereocenters. The summed E-state index contributed by atoms with van der Waals surface area (Å²) in [4.78, 5) is 13.2. The van der Waals surface area contributed by atoms with Crippen LogP contribution in [0.2, 0.25) is 0 Å². The molecule has 3 heterocycles. The number of ether oxygens (including phenoxy) is 1. The number of anilines is 1. The number of hydrogen-bond acceptors (Lipinski definition) is 7. The Labute approximate surface area is 180 Å². The summed E-state index contributed by atoms with van der Waals surface area (Å²) in [6, 6.07) is 6.04. The number of carbonyl (C=O) groups excluding carboxylic acids is 1. The molecular weight excluding hydrogens is 400 g/mol. The van der Waals surface area contributed by atoms with E-state index in [9.17, 15) is 4.79 Å². The van der Waals surface area contributed by atoms with Crippen molar-refractivity contribution in [1.29, 1.82) is 0 Å². The molecule has 2 aromatic heterocycles. The lowest BCUT2D eigenvalue weighted by atomic mass is 10.0. The van der Waals surface area contributed by atoms with Crippen LogP contribution in [0.4, 0.5) is 5.69 Å². The van der Waals surface area contributed by atoms with Gasteiger partial charge in [-0.2, -0.15) is 0 Å². The molecule has 1 saturated heterocycles. The Morgan fingerprint density at radius 2 is 2.20 bits per heavy atom. The number of aryl methyl sites for hydroxylation is 3. The van der Waals surface area contributed by atoms with Crippen LogP contribution in [0.15, 0.2) is 28.9 Å². The van der Waals surface area contributed by atoms with Gasteiger partial charge in [0.2, 0.25) is 0 Å². The third-order valence-electron chi connectivity index (χ3n) is 5.35. The number of benzene rings is 1. The number of nitrogens with zero attached hydrogens (tertiary/aromatic N) is 2. The summed E-state index contributed by atoms with van der Waals surface area (Å²) < 4.78 is 15.7. The summed E-state index contributed by atoms with van der Waals surface area (Å²) >= 11 is 1.19. The molecule has 0 bridgehead atoms. The Morgan fingerprint density at radius 1 is 1.33 bits per heavy atom. The van der Waals surface area contributed by atoms with Crippen molar-refractivity contribution >= 4 is 23.1 Å². The zero-order valence-corrected chi connectivity index (χ0v) is 18.3. The monoisotopic (exact) mass is 426 g/mol. The second-order valence-electron chi connectivity index (χ2n) is 7.66. The number of aromatic nitrogens is 2. The molecule has 1 fully saturated rings. The summed E-state index contributed by atoms with van der Waals surface area (Å²) in [5, 5.41) is 10.6. The maximum Gasteiger partial charge on any atom is 0.267 e. The van der Waals surface area contributed by atoms with E-state index < -0.39 is 0 Å². The summed E-state index contributed by atoms with van der Waals surface area (Å²) in [5.74, 6) is 1.30. The van der Waals surface area contributed by atoms with Gasteiger partial charge in [0.25, 0.3) is 5.91 Å². The van der Waals surface area contributed by atoms with Crippen LogP contribution in [0.25, 0.3) is 11.1 Å². The molecule has 30 heavy (non-hydrogen) atoms. The molecule has 0 aliphatic carbocycles. The third-order valence-corrected chi connectivity index (χ3v) is 6.25. The van der Waals surface area contributed by atoms with Gasteiger partial charge in [-0.25, -0.2) is 4.37 Å². The number of rotatable bonds is 6. The number of nitrogens with one attached hydrogen (secondary N) is 2. The quantitative estimate of drug-likeness (QED) is 0.603. The van der Waals surface area contributed by atoms with Crippen molar-refractivity contribution in [3.63, 3.8) is 0 Å². The summed E-state index contributed by atoms with van der Waals surface area (Å²) in [6.45, 7) is 7.30. The number of amides is 1. The maximum atomic E-state index is 12.6. The topological polar surface area (TPSA) is 89.3 Å². The second kappa shape index (κ2) is 8.97. The fourth-order valence-corrected chi connectivity index (χ4v) is 4.40. The molecule has 7 nitrogen and oxygen atoms in total. The largest absolute Gasteiger partial charge is 0.491 e. The van der Waals surface area contributed by atoms with E-state index in [1.54, 1.807) is 6.20 Å². The Balaban J connectivity index is 1.61. The first-order valence-electron chi connectivity index (χ1n) is 10.2. The van der Waals surface area contributed by atoms with E-state index in [0.29, 0.717) is 23.2 Å². The number of piperidine rings is 1. The first-order valence-corrected chi connectivity index (χ1v) is 11.0. The molecule has 1 aliphatic rings. The van der Waals surface area contributed by atoms with E-state index in [1.165, 1.54) is 24.4 Å². The Hall–Kier alpha value is -2.71. The van der Waals surface area contributed by atoms with Gasteiger partial charge in [-0.05, 0) is 75.5 Å². The van der Waals surface area contributed by atoms with Crippen molar-refractivity contribution in [3.05, 3.63) is 46.3 Å². The summed E-state index contributed by atoms with van der Waals surface area (Å²) in [6.07, 6.45) is 5.25. The van der Waals surface area contributed by atoms with Crippen LogP contribution >= 0.6 is 11.5 Å². The summed E-state index contributed by atoms with van der Waals surface area (Å²) in [7, 11) is 0. The van der Waals surface area contributed by atoms with Crippen molar-refractivity contribution in [2.75, 3.05) is 18.5 Å². The van der Waals surface area contributed by atoms with E-state index >= 15 is 0 Å². The highest BCUT2D eigenvalue weighted by atomic mass is 32.1. The van der Waals surface area contributed by atoms with Gasteiger partial charge < -0.3 is 19.9 Å². The van der Waals surface area contributed by atoms with Crippen LogP contribution in [-0.2, 0) is 0 Å². The molecule has 2 N–H and O–H groups in total. The van der Waals surface area contributed by atoms with Gasteiger partial charge in [-0.3, -0.25) is 4.79 Å². The molecule has 0 spiro atoms. The highest BCUT2D eigenvalue weighted by Crippen LogP contribution is 2.37. The minimum atomic E-state index is -0.167. The SMILES string of the molecule is Cc1cnsc1C(=O)Nc1ccc(OCC2CCCCN2)c(-c2c(C)noc2C)c1. The van der Waals surface area contributed by atoms with Crippen molar-refractivity contribution in [2.24, 2.45) is 0 Å². The van der Waals surface area contributed by atoms with Gasteiger partial charge in [0.15, 0.2) is 0 Å². The molecule has 1 aromatic carbocycles. The number of carbonyl (C=O) groups is 1. The standard InChI is InChI=1S/C22H26N4O3S/c1-13-11-24-30-21(13)22(27)25-16-7-8-19(28-12-17-6-4-5-9-23-17)18(10-16)20-14(2)26-29-15(20)3/h7-8,10-11,17,23H,4-6,9,12H2,1-3H3,(H,25,27). The lowest BCUT2D eigenvalue weighted by Crippen LogP contribution is -2.38. The first-order chi connectivity index (χ1) is 14.5. The van der Waals surface area contributed by atoms with E-state index in [2.05, 4.69) is 20.2 Å². The molecule has 8 heteroatoms. The fraction of sp³-hybridized carbons (Fsp3) is 0.409. The molecule has 0 radical (unpaired) electrons. The normalized spacial score (nSPS) is 16.4. The van der Waals surface area contributed by atoms with Gasteiger partial charge in [0, 0.05) is 23.5 Å². The minimum Gasteiger partial charge on any atom is -0.491 e. The number of hydrogen-bond donors (Lipinski definition) is 2. The molecule has 1 aliphatic heterocycles. The van der Waals surface area contributed by atoms with Crippen molar-refractivity contribution in [1.82, 2.24) is 14.8 Å². The van der Waals surface area contributed by atoms with Crippen LogP contribution < -0.4 is 15.4 Å². The predicted molar refractivity (Wildman–Crippen MR) is 117 cm³/mol. The lowest BCUT2D eigenvalue weighted by Gasteiger charge is -2.24. The lowest BCUT2D eigenvalue weighted by molar-refractivity contribution is 0.103. The second-order valence-corrected chi connectivity index (χ2v) is 8.46. The molecule has 3 aromatic rings. The van der Waals surface area contributed by atoms with Crippen molar-refractivity contribution in [3.8, 4) is 16.9 Å². The van der Waals surface area contributed by atoms with Crippen molar-refractivity contribution in [2.45, 2.75) is 46.1 Å². The zero-order valence-electron chi connectivity index (χ0n) is 17.4. The average molecular weight is 427 g/mol. The van der Waals surface area contributed by atoms with Gasteiger partial charge in [0.1, 0.15) is 23.0 Å². The smallest absolute Gasteiger partial charge is 0.267 e. The maximum absolute atomic E-state index is 12.6. The average Bonchev–Trinajstić information content (AvgIpc) is 3.32. The van der Waals surface area contributed by atoms with Crippen LogP contribution in [0.5, 0.6) is 5.75 Å². The molecule has 0 saturated carbocycles. The van der Waals surface area contributed by atoms with Crippen LogP contribution in [-0.4, -0.2) is 34.6 Å². The molecule has 158 valence electrons. The van der Waals surface area contributed by atoms with E-state index in [0.717, 1.165) is 46.9 Å². The first kappa shape index (κ1) is 20.6. The van der Waals surface area contributed by atoms with Gasteiger partial charge in [-0.1, -0.05) is 11.6 Å². The highest BCUT2D eigenvalue weighted by Gasteiger charge is 2.20. The van der Waals surface area contributed by atoms with Gasteiger partial charge in [0.05, 0.1) is 11.3 Å². The third kappa shape index (κ3) is 4.39. The molecule has 1 amide bonds. The van der Waals surface area contributed by atoms with E-state index in [1.807, 2.05) is 39.0 Å². The Bertz CT molecular complexity index is 1020. The van der Waals surface area contributed by atoms with Crippen LogP contribution in [0, 0.1) is 20.8 Å². The van der Waals surface area contributed by atoms with Gasteiger partial charge in [-0.15, -0.1) is 0 Å². The minimum absolute atomic E-state index is 0.167. The van der Waals surface area contributed by atoms with Crippen LogP contribution in [0.1, 0.15) is 46.0 Å². The Kier molecular flexibility index (Phi) is 6.15. The Morgan fingerprint density at radius 3 is 2.87 bits per heavy atom. The van der Waals surface area contributed by atoms with Gasteiger partial charge >= 0.3 is 0 Å². The predicted octanol–water partition coefficient (Wildman–Crippen LogP) is 4.50. The molecule has 1 atom stereocenters. The van der Waals surface area contributed by atoms with E-state index in [4.69, 9.17) is 9.26 Å². The van der Waals surface area contributed by atoms with E-state index in [-0.39, 0.29) is 5.91 Å². The zero-order chi connectivity index (χ0) is 21.1. The summed E-state index contributed by atoms with van der Waals surface area (Å²) in [5.41, 5.74) is 4.09. The highest BCUT2D eigenvalue weighted by molar-refractivity contribution is 7.08. The fourth-order valence-electron chi connectivity index (χ4n) is 3.75. The molecular formula is C22H26N4O3S.